The number of hydrogen-bond donors (Lipinski definition) is 6. The number of amides is 1. The minimum absolute atomic E-state index is 0.136. The van der Waals surface area contributed by atoms with E-state index in [2.05, 4.69) is 21.2 Å². The van der Waals surface area contributed by atoms with Crippen LogP contribution in [0.3, 0.4) is 0 Å². The van der Waals surface area contributed by atoms with Gasteiger partial charge in [-0.15, -0.1) is 5.10 Å². The highest BCUT2D eigenvalue weighted by Crippen LogP contribution is 2.23. The van der Waals surface area contributed by atoms with Crippen molar-refractivity contribution >= 4 is 29.4 Å². The molecule has 28 heavy (non-hydrogen) atoms. The van der Waals surface area contributed by atoms with Crippen molar-refractivity contribution in [3.05, 3.63) is 59.1 Å². The molecule has 0 unspecified atom stereocenters. The summed E-state index contributed by atoms with van der Waals surface area (Å²) in [6.45, 7) is -0.385. The number of hydrazone groups is 1. The SMILES string of the molecule is N/N=C(\NN)NC(=O)[C@H](Cc1ccc(-c2cccc(Cl)c2)cc1)NCC(=O)O. The Bertz CT molecular complexity index is 857. The first-order valence-corrected chi connectivity index (χ1v) is 8.66. The fraction of sp³-hybridized carbons (Fsp3) is 0.167. The van der Waals surface area contributed by atoms with Gasteiger partial charge in [-0.25, -0.2) is 5.84 Å². The van der Waals surface area contributed by atoms with E-state index < -0.39 is 17.9 Å². The van der Waals surface area contributed by atoms with E-state index in [1.807, 2.05) is 42.5 Å². The first-order valence-electron chi connectivity index (χ1n) is 8.28. The number of nitrogens with two attached hydrogens (primary N) is 2. The van der Waals surface area contributed by atoms with Crippen LogP contribution in [0.5, 0.6) is 0 Å². The molecule has 2 rings (SSSR count). The topological polar surface area (TPSA) is 155 Å². The zero-order chi connectivity index (χ0) is 20.5. The van der Waals surface area contributed by atoms with Gasteiger partial charge in [0.15, 0.2) is 0 Å². The van der Waals surface area contributed by atoms with Crippen molar-refractivity contribution in [1.82, 2.24) is 16.1 Å². The summed E-state index contributed by atoms with van der Waals surface area (Å²) in [5.41, 5.74) is 4.90. The maximum Gasteiger partial charge on any atom is 0.317 e. The van der Waals surface area contributed by atoms with Gasteiger partial charge in [0.25, 0.3) is 0 Å². The van der Waals surface area contributed by atoms with Gasteiger partial charge in [-0.1, -0.05) is 48.0 Å². The number of hydrogen-bond acceptors (Lipinski definition) is 6. The number of carboxylic acids is 1. The Balaban J connectivity index is 2.13. The number of carbonyl (C=O) groups excluding carboxylic acids is 1. The lowest BCUT2D eigenvalue weighted by Crippen LogP contribution is -2.53. The number of nitrogens with one attached hydrogen (secondary N) is 3. The van der Waals surface area contributed by atoms with Gasteiger partial charge in [-0.3, -0.25) is 25.6 Å². The van der Waals surface area contributed by atoms with Gasteiger partial charge in [0, 0.05) is 5.02 Å². The summed E-state index contributed by atoms with van der Waals surface area (Å²) in [6.07, 6.45) is 0.247. The first-order chi connectivity index (χ1) is 13.4. The molecule has 0 heterocycles. The molecule has 0 aliphatic carbocycles. The average molecular weight is 405 g/mol. The van der Waals surface area contributed by atoms with Crippen molar-refractivity contribution in [2.45, 2.75) is 12.5 Å². The number of halogens is 1. The molecule has 0 saturated heterocycles. The van der Waals surface area contributed by atoms with Crippen LogP contribution in [0.2, 0.25) is 5.02 Å². The highest BCUT2D eigenvalue weighted by molar-refractivity contribution is 6.30. The Morgan fingerprint density at radius 3 is 2.43 bits per heavy atom. The van der Waals surface area contributed by atoms with Gasteiger partial charge in [-0.05, 0) is 35.2 Å². The molecule has 0 fully saturated rings. The maximum atomic E-state index is 12.4. The quantitative estimate of drug-likeness (QED) is 0.169. The van der Waals surface area contributed by atoms with Crippen LogP contribution in [0, 0.1) is 0 Å². The number of hydrazine groups is 1. The van der Waals surface area contributed by atoms with Crippen molar-refractivity contribution < 1.29 is 14.7 Å². The minimum Gasteiger partial charge on any atom is -0.480 e. The number of aliphatic carboxylic acids is 1. The second-order valence-corrected chi connectivity index (χ2v) is 6.29. The Labute approximate surface area is 166 Å². The van der Waals surface area contributed by atoms with E-state index >= 15 is 0 Å². The molecule has 0 aliphatic heterocycles. The molecule has 148 valence electrons. The molecule has 2 aromatic carbocycles. The lowest BCUT2D eigenvalue weighted by molar-refractivity contribution is -0.136. The van der Waals surface area contributed by atoms with Gasteiger partial charge in [0.05, 0.1) is 12.6 Å². The molecule has 0 aliphatic rings. The standard InChI is InChI=1S/C18H21ClN6O3/c19-14-3-1-2-13(9-14)12-6-4-11(5-7-12)8-15(22-10-16(26)27)17(28)23-18(24-20)25-21/h1-7,9,15,22H,8,10,20-21H2,(H,26,27)(H2,23,24,25,28)/t15-/m0/s1. The molecular weight excluding hydrogens is 384 g/mol. The van der Waals surface area contributed by atoms with Crippen LogP contribution in [0.15, 0.2) is 53.6 Å². The van der Waals surface area contributed by atoms with Crippen molar-refractivity contribution in [3.8, 4) is 11.1 Å². The second kappa shape index (κ2) is 10.3. The van der Waals surface area contributed by atoms with Gasteiger partial charge < -0.3 is 10.9 Å². The van der Waals surface area contributed by atoms with Crippen LogP contribution in [0.4, 0.5) is 0 Å². The smallest absolute Gasteiger partial charge is 0.317 e. The Kier molecular flexibility index (Phi) is 7.76. The molecular formula is C18H21ClN6O3. The summed E-state index contributed by atoms with van der Waals surface area (Å²) in [7, 11) is 0. The fourth-order valence-electron chi connectivity index (χ4n) is 2.51. The van der Waals surface area contributed by atoms with Crippen LogP contribution in [-0.4, -0.2) is 35.5 Å². The van der Waals surface area contributed by atoms with Gasteiger partial charge in [0.2, 0.25) is 11.9 Å². The zero-order valence-corrected chi connectivity index (χ0v) is 15.6. The van der Waals surface area contributed by atoms with E-state index in [0.717, 1.165) is 16.7 Å². The minimum atomic E-state index is -1.08. The summed E-state index contributed by atoms with van der Waals surface area (Å²) in [5.74, 6) is 8.54. The Morgan fingerprint density at radius 2 is 1.86 bits per heavy atom. The maximum absolute atomic E-state index is 12.4. The monoisotopic (exact) mass is 404 g/mol. The molecule has 0 radical (unpaired) electrons. The predicted octanol–water partition coefficient (Wildman–Crippen LogP) is 0.402. The Morgan fingerprint density at radius 1 is 1.14 bits per heavy atom. The molecule has 0 aromatic heterocycles. The number of guanidine groups is 1. The lowest BCUT2D eigenvalue weighted by Gasteiger charge is -2.18. The number of rotatable bonds is 7. The van der Waals surface area contributed by atoms with Gasteiger partial charge in [0.1, 0.15) is 0 Å². The summed E-state index contributed by atoms with van der Waals surface area (Å²) in [4.78, 5) is 23.3. The third-order valence-electron chi connectivity index (χ3n) is 3.88. The fourth-order valence-corrected chi connectivity index (χ4v) is 2.70. The zero-order valence-electron chi connectivity index (χ0n) is 14.9. The largest absolute Gasteiger partial charge is 0.480 e. The molecule has 8 N–H and O–H groups in total. The third-order valence-corrected chi connectivity index (χ3v) is 4.11. The van der Waals surface area contributed by atoms with Crippen LogP contribution < -0.4 is 27.7 Å². The molecule has 0 bridgehead atoms. The molecule has 2 aromatic rings. The van der Waals surface area contributed by atoms with Crippen molar-refractivity contribution in [3.63, 3.8) is 0 Å². The summed E-state index contributed by atoms with van der Waals surface area (Å²) in [5, 5.41) is 17.9. The van der Waals surface area contributed by atoms with Gasteiger partial charge >= 0.3 is 5.97 Å². The second-order valence-electron chi connectivity index (χ2n) is 5.85. The van der Waals surface area contributed by atoms with Gasteiger partial charge in [-0.2, -0.15) is 0 Å². The average Bonchev–Trinajstić information content (AvgIpc) is 2.69. The molecule has 0 spiro atoms. The summed E-state index contributed by atoms with van der Waals surface area (Å²) >= 11 is 6.02. The van der Waals surface area contributed by atoms with Crippen LogP contribution in [0.1, 0.15) is 5.56 Å². The van der Waals surface area contributed by atoms with Crippen LogP contribution in [-0.2, 0) is 16.0 Å². The highest BCUT2D eigenvalue weighted by atomic mass is 35.5. The van der Waals surface area contributed by atoms with E-state index in [-0.39, 0.29) is 18.9 Å². The number of benzene rings is 2. The van der Waals surface area contributed by atoms with Crippen molar-refractivity contribution in [2.75, 3.05) is 6.54 Å². The van der Waals surface area contributed by atoms with E-state index in [4.69, 9.17) is 28.4 Å². The molecule has 10 heteroatoms. The number of nitrogens with zero attached hydrogens (tertiary/aromatic N) is 1. The summed E-state index contributed by atoms with van der Waals surface area (Å²) < 4.78 is 0. The Hall–Kier alpha value is -3.14. The molecule has 0 saturated carbocycles. The van der Waals surface area contributed by atoms with Crippen molar-refractivity contribution in [2.24, 2.45) is 16.8 Å². The van der Waals surface area contributed by atoms with E-state index in [1.165, 1.54) is 0 Å². The highest BCUT2D eigenvalue weighted by Gasteiger charge is 2.21. The normalized spacial score (nSPS) is 12.3. The van der Waals surface area contributed by atoms with E-state index in [9.17, 15) is 9.59 Å². The summed E-state index contributed by atoms with van der Waals surface area (Å²) in [6, 6.07) is 14.2. The van der Waals surface area contributed by atoms with Crippen LogP contribution >= 0.6 is 11.6 Å². The molecule has 1 amide bonds. The van der Waals surface area contributed by atoms with E-state index in [0.29, 0.717) is 5.02 Å². The lowest BCUT2D eigenvalue weighted by atomic mass is 10.0. The number of carbonyl (C=O) groups is 2. The van der Waals surface area contributed by atoms with E-state index in [1.54, 1.807) is 6.07 Å². The van der Waals surface area contributed by atoms with Crippen LogP contribution in [0.25, 0.3) is 11.1 Å². The molecule has 9 nitrogen and oxygen atoms in total. The molecule has 1 atom stereocenters. The number of carboxylic acid groups (broad SMARTS) is 1. The first kappa shape index (κ1) is 21.2. The van der Waals surface area contributed by atoms with Crippen molar-refractivity contribution in [1.29, 1.82) is 0 Å². The predicted molar refractivity (Wildman–Crippen MR) is 107 cm³/mol. The third kappa shape index (κ3) is 6.23.